The summed E-state index contributed by atoms with van der Waals surface area (Å²) in [6, 6.07) is 0. The van der Waals surface area contributed by atoms with Crippen molar-refractivity contribution in [1.29, 1.82) is 0 Å². The van der Waals surface area contributed by atoms with Crippen LogP contribution in [0.2, 0.25) is 0 Å². The normalized spacial score (nSPS) is 22.5. The molecule has 0 aromatic carbocycles. The lowest BCUT2D eigenvalue weighted by atomic mass is 10.1. The van der Waals surface area contributed by atoms with Crippen LogP contribution in [-0.4, -0.2) is 6.61 Å². The van der Waals surface area contributed by atoms with E-state index < -0.39 is 0 Å². The third kappa shape index (κ3) is 1.37. The van der Waals surface area contributed by atoms with E-state index in [1.807, 2.05) is 12.2 Å². The highest BCUT2D eigenvalue weighted by Gasteiger charge is 2.15. The summed E-state index contributed by atoms with van der Waals surface area (Å²) in [5.74, 6) is 1.33. The second kappa shape index (κ2) is 3.05. The standard InChI is InChI=1S/C10H12O2/c1-8-5-6-9-4-2-3-7-11-10(9)12-8/h5-6H,1-4,7H2. The molecule has 0 aliphatic carbocycles. The van der Waals surface area contributed by atoms with E-state index >= 15 is 0 Å². The minimum absolute atomic E-state index is 0.663. The van der Waals surface area contributed by atoms with Gasteiger partial charge in [0.05, 0.1) is 6.61 Å². The highest BCUT2D eigenvalue weighted by Crippen LogP contribution is 2.26. The smallest absolute Gasteiger partial charge is 0.287 e. The van der Waals surface area contributed by atoms with Crippen molar-refractivity contribution in [3.05, 3.63) is 36.0 Å². The Kier molecular flexibility index (Phi) is 1.90. The molecular weight excluding hydrogens is 152 g/mol. The lowest BCUT2D eigenvalue weighted by Crippen LogP contribution is -2.02. The predicted octanol–water partition coefficient (Wildman–Crippen LogP) is 2.50. The Bertz CT molecular complexity index is 261. The minimum Gasteiger partial charge on any atom is -0.465 e. The predicted molar refractivity (Wildman–Crippen MR) is 46.2 cm³/mol. The molecule has 0 unspecified atom stereocenters. The Labute approximate surface area is 72.2 Å². The zero-order valence-electron chi connectivity index (χ0n) is 7.01. The van der Waals surface area contributed by atoms with Crippen molar-refractivity contribution >= 4 is 0 Å². The SMILES string of the molecule is C=C1C=CC2=C(OCCCC2)O1. The number of allylic oxidation sites excluding steroid dienone is 3. The summed E-state index contributed by atoms with van der Waals surface area (Å²) >= 11 is 0. The lowest BCUT2D eigenvalue weighted by molar-refractivity contribution is 0.0718. The molecule has 0 aromatic rings. The van der Waals surface area contributed by atoms with Gasteiger partial charge in [-0.25, -0.2) is 0 Å². The Morgan fingerprint density at radius 3 is 3.08 bits per heavy atom. The minimum atomic E-state index is 0.663. The van der Waals surface area contributed by atoms with Gasteiger partial charge in [-0.05, 0) is 31.4 Å². The van der Waals surface area contributed by atoms with Crippen LogP contribution in [0, 0.1) is 0 Å². The largest absolute Gasteiger partial charge is 0.465 e. The Hall–Kier alpha value is -1.18. The van der Waals surface area contributed by atoms with Gasteiger partial charge in [0.25, 0.3) is 5.95 Å². The molecule has 2 aliphatic rings. The third-order valence-electron chi connectivity index (χ3n) is 2.03. The number of hydrogen-bond acceptors (Lipinski definition) is 2. The molecule has 0 amide bonds. The molecule has 2 heterocycles. The van der Waals surface area contributed by atoms with Crippen LogP contribution >= 0.6 is 0 Å². The molecule has 64 valence electrons. The molecule has 0 N–H and O–H groups in total. The van der Waals surface area contributed by atoms with E-state index in [9.17, 15) is 0 Å². The van der Waals surface area contributed by atoms with Crippen molar-refractivity contribution in [2.45, 2.75) is 19.3 Å². The van der Waals surface area contributed by atoms with E-state index in [1.54, 1.807) is 0 Å². The summed E-state index contributed by atoms with van der Waals surface area (Å²) in [7, 11) is 0. The van der Waals surface area contributed by atoms with Crippen LogP contribution in [0.15, 0.2) is 36.0 Å². The molecule has 0 saturated heterocycles. The zero-order valence-corrected chi connectivity index (χ0v) is 7.01. The molecule has 0 radical (unpaired) electrons. The van der Waals surface area contributed by atoms with Gasteiger partial charge in [0.1, 0.15) is 5.76 Å². The first kappa shape index (κ1) is 7.47. The van der Waals surface area contributed by atoms with E-state index in [-0.39, 0.29) is 0 Å². The molecule has 0 saturated carbocycles. The lowest BCUT2D eigenvalue weighted by Gasteiger charge is -2.15. The van der Waals surface area contributed by atoms with Gasteiger partial charge in [-0.1, -0.05) is 6.58 Å². The zero-order chi connectivity index (χ0) is 8.39. The summed E-state index contributed by atoms with van der Waals surface area (Å²) in [5, 5.41) is 0. The van der Waals surface area contributed by atoms with Crippen molar-refractivity contribution in [3.63, 3.8) is 0 Å². The van der Waals surface area contributed by atoms with Crippen molar-refractivity contribution < 1.29 is 9.47 Å². The average Bonchev–Trinajstić information content (AvgIpc) is 2.28. The fraction of sp³-hybridized carbons (Fsp3) is 0.400. The van der Waals surface area contributed by atoms with E-state index in [2.05, 4.69) is 6.58 Å². The maximum absolute atomic E-state index is 5.42. The first-order chi connectivity index (χ1) is 5.86. The van der Waals surface area contributed by atoms with Gasteiger partial charge in [-0.2, -0.15) is 0 Å². The molecule has 2 rings (SSSR count). The maximum Gasteiger partial charge on any atom is 0.287 e. The van der Waals surface area contributed by atoms with E-state index in [0.29, 0.717) is 11.7 Å². The molecular formula is C10H12O2. The van der Waals surface area contributed by atoms with Crippen LogP contribution in [-0.2, 0) is 9.47 Å². The first-order valence-electron chi connectivity index (χ1n) is 4.27. The number of rotatable bonds is 0. The molecule has 12 heavy (non-hydrogen) atoms. The summed E-state index contributed by atoms with van der Waals surface area (Å²) < 4.78 is 10.8. The Morgan fingerprint density at radius 1 is 1.25 bits per heavy atom. The molecule has 2 aliphatic heterocycles. The first-order valence-corrected chi connectivity index (χ1v) is 4.27. The summed E-state index contributed by atoms with van der Waals surface area (Å²) in [6.07, 6.45) is 7.26. The third-order valence-corrected chi connectivity index (χ3v) is 2.03. The summed E-state index contributed by atoms with van der Waals surface area (Å²) in [4.78, 5) is 0. The summed E-state index contributed by atoms with van der Waals surface area (Å²) in [6.45, 7) is 4.48. The average molecular weight is 164 g/mol. The van der Waals surface area contributed by atoms with Crippen LogP contribution < -0.4 is 0 Å². The summed E-state index contributed by atoms with van der Waals surface area (Å²) in [5.41, 5.74) is 1.17. The van der Waals surface area contributed by atoms with Crippen LogP contribution in [0.1, 0.15) is 19.3 Å². The topological polar surface area (TPSA) is 18.5 Å². The van der Waals surface area contributed by atoms with Crippen molar-refractivity contribution in [2.24, 2.45) is 0 Å². The fourth-order valence-electron chi connectivity index (χ4n) is 1.37. The van der Waals surface area contributed by atoms with E-state index in [4.69, 9.17) is 9.47 Å². The van der Waals surface area contributed by atoms with Crippen molar-refractivity contribution in [2.75, 3.05) is 6.61 Å². The van der Waals surface area contributed by atoms with Gasteiger partial charge in [-0.3, -0.25) is 0 Å². The molecule has 2 heteroatoms. The quantitative estimate of drug-likeness (QED) is 0.547. The second-order valence-corrected chi connectivity index (χ2v) is 3.02. The Balaban J connectivity index is 2.22. The molecule has 0 aromatic heterocycles. The van der Waals surface area contributed by atoms with Crippen LogP contribution in [0.4, 0.5) is 0 Å². The second-order valence-electron chi connectivity index (χ2n) is 3.02. The highest BCUT2D eigenvalue weighted by molar-refractivity contribution is 5.30. The monoisotopic (exact) mass is 164 g/mol. The van der Waals surface area contributed by atoms with Gasteiger partial charge in [0.2, 0.25) is 0 Å². The van der Waals surface area contributed by atoms with Crippen LogP contribution in [0.3, 0.4) is 0 Å². The fourth-order valence-corrected chi connectivity index (χ4v) is 1.37. The van der Waals surface area contributed by atoms with E-state index in [0.717, 1.165) is 19.4 Å². The van der Waals surface area contributed by atoms with Gasteiger partial charge in [0, 0.05) is 5.57 Å². The highest BCUT2D eigenvalue weighted by atomic mass is 16.7. The van der Waals surface area contributed by atoms with Crippen molar-refractivity contribution in [1.82, 2.24) is 0 Å². The van der Waals surface area contributed by atoms with Gasteiger partial charge in [0.15, 0.2) is 0 Å². The van der Waals surface area contributed by atoms with Gasteiger partial charge < -0.3 is 9.47 Å². The van der Waals surface area contributed by atoms with Gasteiger partial charge >= 0.3 is 0 Å². The van der Waals surface area contributed by atoms with Crippen LogP contribution in [0.5, 0.6) is 0 Å². The molecule has 0 bridgehead atoms. The molecule has 0 spiro atoms. The molecule has 2 nitrogen and oxygen atoms in total. The number of ether oxygens (including phenoxy) is 2. The van der Waals surface area contributed by atoms with Gasteiger partial charge in [-0.15, -0.1) is 0 Å². The van der Waals surface area contributed by atoms with E-state index in [1.165, 1.54) is 12.0 Å². The molecule has 0 fully saturated rings. The maximum atomic E-state index is 5.42. The van der Waals surface area contributed by atoms with Crippen LogP contribution in [0.25, 0.3) is 0 Å². The molecule has 0 atom stereocenters. The Morgan fingerprint density at radius 2 is 2.17 bits per heavy atom. The number of hydrogen-bond donors (Lipinski definition) is 0. The van der Waals surface area contributed by atoms with Crippen molar-refractivity contribution in [3.8, 4) is 0 Å².